The molecule has 130 valence electrons. The van der Waals surface area contributed by atoms with Gasteiger partial charge in [-0.05, 0) is 24.3 Å². The van der Waals surface area contributed by atoms with Crippen molar-refractivity contribution in [2.45, 2.75) is 0 Å². The highest BCUT2D eigenvalue weighted by atomic mass is 16.3. The highest BCUT2D eigenvalue weighted by molar-refractivity contribution is 5.86. The van der Waals surface area contributed by atoms with E-state index in [-0.39, 0.29) is 11.7 Å². The van der Waals surface area contributed by atoms with Crippen LogP contribution in [0.5, 0.6) is 5.75 Å². The molecule has 1 saturated heterocycles. The first-order chi connectivity index (χ1) is 12.2. The molecule has 25 heavy (non-hydrogen) atoms. The van der Waals surface area contributed by atoms with Crippen molar-refractivity contribution < 1.29 is 9.90 Å². The number of hydrogen-bond acceptors (Lipinski definition) is 6. The number of phenols is 1. The van der Waals surface area contributed by atoms with Crippen molar-refractivity contribution in [2.24, 2.45) is 5.84 Å². The summed E-state index contributed by atoms with van der Waals surface area (Å²) < 4.78 is 2.05. The van der Waals surface area contributed by atoms with Gasteiger partial charge in [0.05, 0.1) is 23.1 Å². The van der Waals surface area contributed by atoms with Crippen LogP contribution in [0.4, 0.5) is 5.82 Å². The number of phenolic OH excluding ortho intramolecular Hbond substituents is 1. The minimum Gasteiger partial charge on any atom is -0.508 e. The largest absolute Gasteiger partial charge is 0.508 e. The Morgan fingerprint density at radius 3 is 2.76 bits per heavy atom. The summed E-state index contributed by atoms with van der Waals surface area (Å²) >= 11 is 0. The summed E-state index contributed by atoms with van der Waals surface area (Å²) in [4.78, 5) is 20.5. The minimum atomic E-state index is -0.175. The van der Waals surface area contributed by atoms with E-state index in [4.69, 9.17) is 10.8 Å². The molecular weight excluding hydrogens is 320 g/mol. The molecule has 0 unspecified atom stereocenters. The topological polar surface area (TPSA) is 99.1 Å². The van der Waals surface area contributed by atoms with E-state index in [0.29, 0.717) is 6.54 Å². The maximum atomic E-state index is 11.4. The van der Waals surface area contributed by atoms with Crippen LogP contribution in [0.1, 0.15) is 0 Å². The summed E-state index contributed by atoms with van der Waals surface area (Å²) in [5.74, 6) is 6.13. The normalized spacial score (nSPS) is 15.8. The van der Waals surface area contributed by atoms with Crippen molar-refractivity contribution in [3.8, 4) is 5.75 Å². The van der Waals surface area contributed by atoms with Crippen LogP contribution in [-0.4, -0.2) is 58.0 Å². The average molecular weight is 340 g/mol. The molecule has 1 aliphatic rings. The molecular formula is C17H20N6O2. The van der Waals surface area contributed by atoms with Gasteiger partial charge in [-0.2, -0.15) is 0 Å². The van der Waals surface area contributed by atoms with E-state index >= 15 is 0 Å². The Morgan fingerprint density at radius 2 is 2.00 bits per heavy atom. The first-order valence-corrected chi connectivity index (χ1v) is 8.22. The van der Waals surface area contributed by atoms with Crippen molar-refractivity contribution >= 4 is 28.3 Å². The van der Waals surface area contributed by atoms with Crippen LogP contribution in [-0.2, 0) is 4.79 Å². The van der Waals surface area contributed by atoms with Gasteiger partial charge in [0, 0.05) is 38.4 Å². The highest BCUT2D eigenvalue weighted by Gasteiger charge is 2.22. The summed E-state index contributed by atoms with van der Waals surface area (Å²) in [5, 5.41) is 9.77. The quantitative estimate of drug-likeness (QED) is 0.360. The lowest BCUT2D eigenvalue weighted by Crippen LogP contribution is -2.50. The molecule has 4 rings (SSSR count). The van der Waals surface area contributed by atoms with Crippen LogP contribution in [0, 0.1) is 0 Å². The van der Waals surface area contributed by atoms with Gasteiger partial charge < -0.3 is 14.4 Å². The lowest BCUT2D eigenvalue weighted by Gasteiger charge is -2.35. The monoisotopic (exact) mass is 340 g/mol. The molecule has 0 atom stereocenters. The van der Waals surface area contributed by atoms with Crippen LogP contribution in [0.15, 0.2) is 36.5 Å². The number of rotatable bonds is 3. The van der Waals surface area contributed by atoms with Crippen molar-refractivity contribution in [3.63, 3.8) is 0 Å². The molecule has 0 radical (unpaired) electrons. The summed E-state index contributed by atoms with van der Waals surface area (Å²) in [5.41, 5.74) is 4.89. The van der Waals surface area contributed by atoms with Crippen molar-refractivity contribution in [3.05, 3.63) is 36.5 Å². The lowest BCUT2D eigenvalue weighted by molar-refractivity contribution is -0.122. The predicted octanol–water partition coefficient (Wildman–Crippen LogP) is 0.305. The molecule has 1 amide bonds. The van der Waals surface area contributed by atoms with E-state index in [9.17, 15) is 9.90 Å². The van der Waals surface area contributed by atoms with Crippen LogP contribution in [0.2, 0.25) is 0 Å². The summed E-state index contributed by atoms with van der Waals surface area (Å²) in [6.45, 7) is 3.44. The number of amides is 1. The molecule has 1 aromatic carbocycles. The Balaban J connectivity index is 1.64. The van der Waals surface area contributed by atoms with E-state index in [1.807, 2.05) is 28.8 Å². The van der Waals surface area contributed by atoms with Gasteiger partial charge in [0.25, 0.3) is 0 Å². The number of hydrogen-bond donors (Lipinski definition) is 3. The fourth-order valence-electron chi connectivity index (χ4n) is 3.34. The maximum Gasteiger partial charge on any atom is 0.248 e. The molecule has 0 aliphatic carbocycles. The van der Waals surface area contributed by atoms with Gasteiger partial charge in [-0.15, -0.1) is 0 Å². The fourth-order valence-corrected chi connectivity index (χ4v) is 3.34. The number of nitrogens with one attached hydrogen (secondary N) is 1. The number of fused-ring (bicyclic) bond motifs is 3. The molecule has 4 N–H and O–H groups in total. The summed E-state index contributed by atoms with van der Waals surface area (Å²) in [6.07, 6.45) is 1.98. The molecule has 3 heterocycles. The number of hydrazine groups is 1. The van der Waals surface area contributed by atoms with E-state index in [1.54, 1.807) is 12.1 Å². The van der Waals surface area contributed by atoms with Crippen molar-refractivity contribution in [1.82, 2.24) is 19.7 Å². The second-order valence-corrected chi connectivity index (χ2v) is 6.20. The number of benzene rings is 1. The van der Waals surface area contributed by atoms with Crippen molar-refractivity contribution in [1.29, 1.82) is 0 Å². The Bertz CT molecular complexity index is 929. The first kappa shape index (κ1) is 15.7. The Morgan fingerprint density at radius 1 is 1.20 bits per heavy atom. The highest BCUT2D eigenvalue weighted by Crippen LogP contribution is 2.28. The number of nitrogens with two attached hydrogens (primary N) is 1. The van der Waals surface area contributed by atoms with Crippen LogP contribution >= 0.6 is 0 Å². The molecule has 8 nitrogen and oxygen atoms in total. The number of aromatic nitrogens is 2. The third-order valence-corrected chi connectivity index (χ3v) is 4.62. The zero-order valence-electron chi connectivity index (χ0n) is 13.7. The molecule has 0 saturated carbocycles. The number of piperazine rings is 1. The maximum absolute atomic E-state index is 11.4. The fraction of sp³-hybridized carbons (Fsp3) is 0.294. The van der Waals surface area contributed by atoms with E-state index < -0.39 is 0 Å². The number of anilines is 1. The van der Waals surface area contributed by atoms with Gasteiger partial charge in [0.1, 0.15) is 5.75 Å². The number of nitrogens with zero attached hydrogens (tertiary/aromatic N) is 4. The van der Waals surface area contributed by atoms with Gasteiger partial charge in [-0.1, -0.05) is 0 Å². The molecule has 3 aromatic rings. The van der Waals surface area contributed by atoms with E-state index in [2.05, 4.69) is 15.2 Å². The van der Waals surface area contributed by atoms with Crippen LogP contribution in [0.25, 0.3) is 16.6 Å². The molecule has 0 spiro atoms. The third kappa shape index (κ3) is 2.86. The SMILES string of the molecule is NNC(=O)CN1CCN(c2nc3ccc(O)cc3n3cccc23)CC1. The smallest absolute Gasteiger partial charge is 0.248 e. The first-order valence-electron chi connectivity index (χ1n) is 8.22. The molecule has 1 fully saturated rings. The Hall–Kier alpha value is -2.84. The second-order valence-electron chi connectivity index (χ2n) is 6.20. The summed E-state index contributed by atoms with van der Waals surface area (Å²) in [6, 6.07) is 9.21. The lowest BCUT2D eigenvalue weighted by atomic mass is 10.2. The van der Waals surface area contributed by atoms with Gasteiger partial charge in [0.2, 0.25) is 5.91 Å². The molecule has 0 bridgehead atoms. The Labute approximate surface area is 144 Å². The molecule has 2 aromatic heterocycles. The minimum absolute atomic E-state index is 0.175. The average Bonchev–Trinajstić information content (AvgIpc) is 3.12. The van der Waals surface area contributed by atoms with E-state index in [1.165, 1.54) is 0 Å². The van der Waals surface area contributed by atoms with Gasteiger partial charge in [0.15, 0.2) is 5.82 Å². The molecule has 8 heteroatoms. The van der Waals surface area contributed by atoms with Crippen LogP contribution < -0.4 is 16.2 Å². The van der Waals surface area contributed by atoms with Gasteiger partial charge in [-0.25, -0.2) is 10.8 Å². The standard InChI is InChI=1S/C17H20N6O2/c18-20-16(25)11-21-6-8-22(9-7-21)17-14-2-1-5-23(14)15-10-12(24)3-4-13(15)19-17/h1-5,10,24H,6-9,11,18H2,(H,20,25). The van der Waals surface area contributed by atoms with Crippen LogP contribution in [0.3, 0.4) is 0 Å². The van der Waals surface area contributed by atoms with Gasteiger partial charge in [-0.3, -0.25) is 15.1 Å². The Kier molecular flexibility index (Phi) is 3.90. The predicted molar refractivity (Wildman–Crippen MR) is 95.3 cm³/mol. The number of carbonyl (C=O) groups is 1. The second kappa shape index (κ2) is 6.23. The number of carbonyl (C=O) groups excluding carboxylic acids is 1. The van der Waals surface area contributed by atoms with Crippen molar-refractivity contribution in [2.75, 3.05) is 37.6 Å². The zero-order chi connectivity index (χ0) is 17.4. The third-order valence-electron chi connectivity index (χ3n) is 4.62. The van der Waals surface area contributed by atoms with Gasteiger partial charge >= 0.3 is 0 Å². The summed E-state index contributed by atoms with van der Waals surface area (Å²) in [7, 11) is 0. The zero-order valence-corrected chi connectivity index (χ0v) is 13.7. The number of aromatic hydroxyl groups is 1. The van der Waals surface area contributed by atoms with E-state index in [0.717, 1.165) is 48.5 Å². The molecule has 1 aliphatic heterocycles.